The molecule has 0 aliphatic rings. The number of carboxylic acid groups (broad SMARTS) is 2. The van der Waals surface area contributed by atoms with Crippen LogP contribution in [0.5, 0.6) is 0 Å². The van der Waals surface area contributed by atoms with Gasteiger partial charge < -0.3 is 47.8 Å². The molecule has 0 aliphatic carbocycles. The highest BCUT2D eigenvalue weighted by molar-refractivity contribution is 5.95. The second-order valence-corrected chi connectivity index (χ2v) is 6.58. The summed E-state index contributed by atoms with van der Waals surface area (Å²) in [5, 5.41) is 42.7. The van der Waals surface area contributed by atoms with Crippen molar-refractivity contribution in [2.75, 3.05) is 6.61 Å². The van der Waals surface area contributed by atoms with Crippen LogP contribution >= 0.6 is 0 Å². The number of aliphatic carboxylic acids is 2. The van der Waals surface area contributed by atoms with Gasteiger partial charge in [-0.1, -0.05) is 0 Å². The van der Waals surface area contributed by atoms with E-state index in [1.807, 2.05) is 5.32 Å². The third-order valence-corrected chi connectivity index (χ3v) is 3.90. The van der Waals surface area contributed by atoms with Gasteiger partial charge in [0.25, 0.3) is 0 Å². The van der Waals surface area contributed by atoms with E-state index in [-0.39, 0.29) is 0 Å². The Hall–Kier alpha value is -3.30. The number of aliphatic hydroxyl groups excluding tert-OH is 2. The van der Waals surface area contributed by atoms with Gasteiger partial charge >= 0.3 is 11.9 Å². The lowest BCUT2D eigenvalue weighted by molar-refractivity contribution is -0.144. The van der Waals surface area contributed by atoms with Crippen LogP contribution in [0.1, 0.15) is 26.2 Å². The van der Waals surface area contributed by atoms with E-state index in [1.165, 1.54) is 0 Å². The molecule has 0 heterocycles. The molecular weight excluding hydrogens is 422 g/mol. The van der Waals surface area contributed by atoms with Crippen LogP contribution in [0.25, 0.3) is 0 Å². The zero-order valence-corrected chi connectivity index (χ0v) is 16.6. The summed E-state index contributed by atoms with van der Waals surface area (Å²) in [5.74, 6) is -7.18. The van der Waals surface area contributed by atoms with Crippen LogP contribution in [0.3, 0.4) is 0 Å². The minimum atomic E-state index is -1.73. The molecular formula is C16H27N5O10. The largest absolute Gasteiger partial charge is 0.481 e. The van der Waals surface area contributed by atoms with Crippen molar-refractivity contribution in [3.8, 4) is 0 Å². The van der Waals surface area contributed by atoms with Crippen LogP contribution in [0, 0.1) is 0 Å². The number of nitrogens with one attached hydrogen (secondary N) is 3. The Labute approximate surface area is 176 Å². The molecule has 176 valence electrons. The number of carboxylic acids is 2. The number of hydrogen-bond donors (Lipinski definition) is 9. The van der Waals surface area contributed by atoms with Crippen molar-refractivity contribution in [3.63, 3.8) is 0 Å². The molecule has 11 N–H and O–H groups in total. The van der Waals surface area contributed by atoms with E-state index in [4.69, 9.17) is 26.8 Å². The highest BCUT2D eigenvalue weighted by atomic mass is 16.4. The molecule has 0 radical (unpaired) electrons. The summed E-state index contributed by atoms with van der Waals surface area (Å²) < 4.78 is 0. The highest BCUT2D eigenvalue weighted by Crippen LogP contribution is 2.03. The Balaban J connectivity index is 5.50. The first kappa shape index (κ1) is 27.7. The van der Waals surface area contributed by atoms with Crippen molar-refractivity contribution in [1.29, 1.82) is 0 Å². The molecule has 15 nitrogen and oxygen atoms in total. The first-order chi connectivity index (χ1) is 14.3. The smallest absolute Gasteiger partial charge is 0.326 e. The molecule has 0 rings (SSSR count). The first-order valence-electron chi connectivity index (χ1n) is 8.98. The van der Waals surface area contributed by atoms with Crippen LogP contribution in [0.2, 0.25) is 0 Å². The summed E-state index contributed by atoms with van der Waals surface area (Å²) in [6.45, 7) is 0.384. The Morgan fingerprint density at radius 2 is 1.45 bits per heavy atom. The Morgan fingerprint density at radius 1 is 0.903 bits per heavy atom. The average molecular weight is 449 g/mol. The standard InChI is InChI=1S/C16H27N5O10/c1-6(23)12(21-13(27)7(17)5-22)15(29)19-8(2-3-11(25)26)14(28)20-9(16(30)31)4-10(18)24/h6-9,12,22-23H,2-5,17H2,1H3,(H2,18,24)(H,19,29)(H,20,28)(H,21,27)(H,25,26)(H,30,31). The Kier molecular flexibility index (Phi) is 11.7. The van der Waals surface area contributed by atoms with Gasteiger partial charge in [-0.2, -0.15) is 0 Å². The maximum Gasteiger partial charge on any atom is 0.326 e. The first-order valence-corrected chi connectivity index (χ1v) is 8.98. The molecule has 0 saturated carbocycles. The molecule has 0 fully saturated rings. The van der Waals surface area contributed by atoms with Crippen molar-refractivity contribution in [2.45, 2.75) is 56.5 Å². The summed E-state index contributed by atoms with van der Waals surface area (Å²) >= 11 is 0. The number of amides is 4. The van der Waals surface area contributed by atoms with E-state index in [9.17, 15) is 33.9 Å². The maximum atomic E-state index is 12.5. The fraction of sp³-hybridized carbons (Fsp3) is 0.625. The molecule has 0 saturated heterocycles. The van der Waals surface area contributed by atoms with Gasteiger partial charge in [-0.05, 0) is 13.3 Å². The second kappa shape index (κ2) is 13.1. The van der Waals surface area contributed by atoms with E-state index in [0.717, 1.165) is 6.92 Å². The van der Waals surface area contributed by atoms with E-state index in [2.05, 4.69) is 10.6 Å². The molecule has 31 heavy (non-hydrogen) atoms. The second-order valence-electron chi connectivity index (χ2n) is 6.58. The minimum absolute atomic E-state index is 0.480. The van der Waals surface area contributed by atoms with Crippen molar-refractivity contribution < 1.29 is 49.2 Å². The van der Waals surface area contributed by atoms with Gasteiger partial charge in [0.15, 0.2) is 0 Å². The van der Waals surface area contributed by atoms with E-state index in [1.54, 1.807) is 0 Å². The van der Waals surface area contributed by atoms with Crippen LogP contribution in [0.4, 0.5) is 0 Å². The van der Waals surface area contributed by atoms with Gasteiger partial charge in [0.2, 0.25) is 23.6 Å². The van der Waals surface area contributed by atoms with Crippen LogP contribution in [-0.2, 0) is 28.8 Å². The van der Waals surface area contributed by atoms with Crippen molar-refractivity contribution >= 4 is 35.6 Å². The van der Waals surface area contributed by atoms with E-state index in [0.29, 0.717) is 0 Å². The number of rotatable bonds is 14. The SMILES string of the molecule is CC(O)C(NC(=O)C(N)CO)C(=O)NC(CCC(=O)O)C(=O)NC(CC(N)=O)C(=O)O. The lowest BCUT2D eigenvalue weighted by atomic mass is 10.1. The van der Waals surface area contributed by atoms with Crippen molar-refractivity contribution in [3.05, 3.63) is 0 Å². The zero-order valence-electron chi connectivity index (χ0n) is 16.6. The quantitative estimate of drug-likeness (QED) is 0.121. The number of aliphatic hydroxyl groups is 2. The number of hydrogen-bond acceptors (Lipinski definition) is 9. The Bertz CT molecular complexity index is 698. The topological polar surface area (TPSA) is 271 Å². The van der Waals surface area contributed by atoms with Gasteiger partial charge in [-0.3, -0.25) is 24.0 Å². The predicted molar refractivity (Wildman–Crippen MR) is 101 cm³/mol. The molecule has 0 aromatic rings. The predicted octanol–water partition coefficient (Wildman–Crippen LogP) is -5.03. The molecule has 5 atom stereocenters. The van der Waals surface area contributed by atoms with E-state index < -0.39 is 91.7 Å². The summed E-state index contributed by atoms with van der Waals surface area (Å²) in [5.41, 5.74) is 10.2. The van der Waals surface area contributed by atoms with Crippen molar-refractivity contribution in [1.82, 2.24) is 16.0 Å². The fourth-order valence-electron chi connectivity index (χ4n) is 2.22. The van der Waals surface area contributed by atoms with E-state index >= 15 is 0 Å². The third kappa shape index (κ3) is 10.3. The summed E-state index contributed by atoms with van der Waals surface area (Å²) in [6.07, 6.45) is -3.33. The van der Waals surface area contributed by atoms with Crippen LogP contribution in [-0.4, -0.2) is 92.9 Å². The Morgan fingerprint density at radius 3 is 1.87 bits per heavy atom. The molecule has 0 aromatic heterocycles. The van der Waals surface area contributed by atoms with Gasteiger partial charge in [-0.15, -0.1) is 0 Å². The van der Waals surface area contributed by atoms with Gasteiger partial charge in [0.05, 0.1) is 19.1 Å². The lowest BCUT2D eigenvalue weighted by Gasteiger charge is -2.26. The number of primary amides is 1. The molecule has 5 unspecified atom stereocenters. The third-order valence-electron chi connectivity index (χ3n) is 3.90. The molecule has 0 aliphatic heterocycles. The number of carbonyl (C=O) groups excluding carboxylic acids is 4. The molecule has 0 aromatic carbocycles. The van der Waals surface area contributed by atoms with Crippen molar-refractivity contribution in [2.24, 2.45) is 11.5 Å². The van der Waals surface area contributed by atoms with Crippen LogP contribution < -0.4 is 27.4 Å². The lowest BCUT2D eigenvalue weighted by Crippen LogP contribution is -2.60. The molecule has 0 bridgehead atoms. The summed E-state index contributed by atoms with van der Waals surface area (Å²) in [6, 6.07) is -6.36. The van der Waals surface area contributed by atoms with Gasteiger partial charge in [-0.25, -0.2) is 4.79 Å². The minimum Gasteiger partial charge on any atom is -0.481 e. The maximum absolute atomic E-state index is 12.5. The molecule has 4 amide bonds. The summed E-state index contributed by atoms with van der Waals surface area (Å²) in [7, 11) is 0. The monoisotopic (exact) mass is 449 g/mol. The highest BCUT2D eigenvalue weighted by Gasteiger charge is 2.32. The van der Waals surface area contributed by atoms with Gasteiger partial charge in [0.1, 0.15) is 24.2 Å². The van der Waals surface area contributed by atoms with Crippen LogP contribution in [0.15, 0.2) is 0 Å². The molecule has 15 heteroatoms. The number of nitrogens with two attached hydrogens (primary N) is 2. The number of carbonyl (C=O) groups is 6. The fourth-order valence-corrected chi connectivity index (χ4v) is 2.22. The molecule has 0 spiro atoms. The average Bonchev–Trinajstić information content (AvgIpc) is 2.66. The normalized spacial score (nSPS) is 15.5. The summed E-state index contributed by atoms with van der Waals surface area (Å²) in [4.78, 5) is 69.7. The van der Waals surface area contributed by atoms with Gasteiger partial charge in [0, 0.05) is 6.42 Å². The zero-order chi connectivity index (χ0) is 24.3.